The molecular formula is C26H25ClF3N5O2. The molecule has 0 aliphatic carbocycles. The molecule has 2 aromatic heterocycles. The Bertz CT molecular complexity index is 1350. The molecule has 3 aromatic rings. The summed E-state index contributed by atoms with van der Waals surface area (Å²) in [6, 6.07) is 9.24. The van der Waals surface area contributed by atoms with Gasteiger partial charge in [0, 0.05) is 25.8 Å². The first-order chi connectivity index (χ1) is 17.7. The largest absolute Gasteiger partial charge is 0.573 e. The Morgan fingerprint density at radius 3 is 2.70 bits per heavy atom. The lowest BCUT2D eigenvalue weighted by Gasteiger charge is -2.18. The van der Waals surface area contributed by atoms with Crippen LogP contribution in [0.3, 0.4) is 0 Å². The predicted molar refractivity (Wildman–Crippen MR) is 136 cm³/mol. The van der Waals surface area contributed by atoms with E-state index in [0.717, 1.165) is 11.1 Å². The molecule has 1 aliphatic rings. The number of halogens is 4. The van der Waals surface area contributed by atoms with Gasteiger partial charge in [0.1, 0.15) is 17.1 Å². The number of hydrogen-bond donors (Lipinski definition) is 1. The summed E-state index contributed by atoms with van der Waals surface area (Å²) in [4.78, 5) is 23.9. The molecule has 1 amide bonds. The molecule has 4 rings (SSSR count). The standard InChI is InChI=1S/C26H25ClF3N5O2/c1-2-22-24(35-16-20(27)7-10-23(35)33-22)25(36)32-14-18-4-3-12-31-17-34(13-11-18)15-19-5-8-21(9-6-19)37-26(28,29)30/h3-11,16-17H,2,12-15H2,1H3,(H,32,36)/b4-3-,18-11+,31-17-. The Labute approximate surface area is 216 Å². The van der Waals surface area contributed by atoms with Gasteiger partial charge in [-0.1, -0.05) is 48.9 Å². The summed E-state index contributed by atoms with van der Waals surface area (Å²) in [5.41, 5.74) is 3.48. The molecule has 3 heterocycles. The van der Waals surface area contributed by atoms with Crippen LogP contribution in [0, 0.1) is 0 Å². The number of benzene rings is 1. The number of ether oxygens (including phenoxy) is 1. The van der Waals surface area contributed by atoms with Crippen LogP contribution in [0.2, 0.25) is 5.02 Å². The first kappa shape index (κ1) is 26.3. The summed E-state index contributed by atoms with van der Waals surface area (Å²) in [5.74, 6) is -0.522. The van der Waals surface area contributed by atoms with E-state index in [-0.39, 0.29) is 11.7 Å². The molecule has 0 saturated heterocycles. The van der Waals surface area contributed by atoms with Crippen molar-refractivity contribution in [2.45, 2.75) is 26.3 Å². The molecule has 11 heteroatoms. The number of aliphatic imine (C=N–C) groups is 1. The van der Waals surface area contributed by atoms with E-state index in [1.54, 1.807) is 41.2 Å². The van der Waals surface area contributed by atoms with E-state index in [4.69, 9.17) is 11.6 Å². The Balaban J connectivity index is 1.42. The average molecular weight is 532 g/mol. The number of carbonyl (C=O) groups excluding carboxylic acids is 1. The van der Waals surface area contributed by atoms with E-state index in [1.165, 1.54) is 12.1 Å². The van der Waals surface area contributed by atoms with Crippen molar-refractivity contribution in [3.8, 4) is 5.75 Å². The second kappa shape index (κ2) is 11.5. The second-order valence-electron chi connectivity index (χ2n) is 8.30. The van der Waals surface area contributed by atoms with Crippen LogP contribution in [0.4, 0.5) is 13.2 Å². The van der Waals surface area contributed by atoms with Crippen LogP contribution in [0.1, 0.15) is 28.7 Å². The molecule has 0 spiro atoms. The summed E-state index contributed by atoms with van der Waals surface area (Å²) in [7, 11) is 0. The molecule has 0 unspecified atom stereocenters. The number of nitrogens with zero attached hydrogens (tertiary/aromatic N) is 4. The number of hydrogen-bond acceptors (Lipinski definition) is 5. The van der Waals surface area contributed by atoms with Crippen molar-refractivity contribution < 1.29 is 22.7 Å². The van der Waals surface area contributed by atoms with Gasteiger partial charge in [-0.25, -0.2) is 4.98 Å². The van der Waals surface area contributed by atoms with Gasteiger partial charge in [0.05, 0.1) is 23.6 Å². The van der Waals surface area contributed by atoms with Crippen molar-refractivity contribution in [3.05, 3.63) is 88.4 Å². The quantitative estimate of drug-likeness (QED) is 0.454. The molecule has 0 radical (unpaired) electrons. The van der Waals surface area contributed by atoms with E-state index in [1.807, 2.05) is 30.1 Å². The van der Waals surface area contributed by atoms with Crippen LogP contribution in [-0.4, -0.2) is 52.5 Å². The second-order valence-corrected chi connectivity index (χ2v) is 8.74. The van der Waals surface area contributed by atoms with Gasteiger partial charge in [-0.05, 0) is 41.8 Å². The summed E-state index contributed by atoms with van der Waals surface area (Å²) < 4.78 is 42.8. The highest BCUT2D eigenvalue weighted by Crippen LogP contribution is 2.23. The van der Waals surface area contributed by atoms with E-state index < -0.39 is 6.36 Å². The monoisotopic (exact) mass is 531 g/mol. The smallest absolute Gasteiger partial charge is 0.406 e. The molecule has 0 fully saturated rings. The number of alkyl halides is 3. The van der Waals surface area contributed by atoms with E-state index in [0.29, 0.717) is 54.7 Å². The summed E-state index contributed by atoms with van der Waals surface area (Å²) in [5, 5.41) is 3.48. The highest BCUT2D eigenvalue weighted by molar-refractivity contribution is 6.30. The van der Waals surface area contributed by atoms with Gasteiger partial charge >= 0.3 is 6.36 Å². The first-order valence-electron chi connectivity index (χ1n) is 11.6. The fourth-order valence-electron chi connectivity index (χ4n) is 3.87. The Morgan fingerprint density at radius 1 is 1.19 bits per heavy atom. The number of aryl methyl sites for hydroxylation is 1. The van der Waals surface area contributed by atoms with Crippen molar-refractivity contribution in [2.75, 3.05) is 19.6 Å². The normalized spacial score (nSPS) is 17.3. The van der Waals surface area contributed by atoms with E-state index >= 15 is 0 Å². The van der Waals surface area contributed by atoms with Crippen molar-refractivity contribution in [3.63, 3.8) is 0 Å². The van der Waals surface area contributed by atoms with Crippen molar-refractivity contribution in [2.24, 2.45) is 4.99 Å². The van der Waals surface area contributed by atoms with Crippen LogP contribution in [-0.2, 0) is 13.0 Å². The molecule has 0 saturated carbocycles. The minimum Gasteiger partial charge on any atom is -0.406 e. The lowest BCUT2D eigenvalue weighted by atomic mass is 10.2. The minimum absolute atomic E-state index is 0.255. The van der Waals surface area contributed by atoms with Crippen molar-refractivity contribution >= 4 is 29.5 Å². The maximum atomic E-state index is 13.1. The zero-order valence-corrected chi connectivity index (χ0v) is 20.8. The highest BCUT2D eigenvalue weighted by atomic mass is 35.5. The Hall–Kier alpha value is -3.79. The third kappa shape index (κ3) is 7.13. The summed E-state index contributed by atoms with van der Waals surface area (Å²) in [6.07, 6.45) is 5.03. The third-order valence-electron chi connectivity index (χ3n) is 5.58. The van der Waals surface area contributed by atoms with Crippen LogP contribution < -0.4 is 10.1 Å². The molecule has 1 aromatic carbocycles. The van der Waals surface area contributed by atoms with Crippen molar-refractivity contribution in [1.29, 1.82) is 0 Å². The van der Waals surface area contributed by atoms with Gasteiger partial charge in [0.2, 0.25) is 0 Å². The molecule has 7 nitrogen and oxygen atoms in total. The maximum absolute atomic E-state index is 13.1. The molecular weight excluding hydrogens is 507 g/mol. The van der Waals surface area contributed by atoms with Gasteiger partial charge in [-0.15, -0.1) is 13.2 Å². The Morgan fingerprint density at radius 2 is 1.97 bits per heavy atom. The number of rotatable bonds is 7. The maximum Gasteiger partial charge on any atom is 0.573 e. The Kier molecular flexibility index (Phi) is 8.17. The van der Waals surface area contributed by atoms with Crippen LogP contribution >= 0.6 is 11.6 Å². The number of amides is 1. The summed E-state index contributed by atoms with van der Waals surface area (Å²) in [6.45, 7) is 3.62. The zero-order valence-electron chi connectivity index (χ0n) is 20.0. The minimum atomic E-state index is -4.73. The number of fused-ring (bicyclic) bond motifs is 1. The van der Waals surface area contributed by atoms with Gasteiger partial charge in [-0.3, -0.25) is 14.2 Å². The fraction of sp³-hybridized carbons (Fsp3) is 0.269. The van der Waals surface area contributed by atoms with Crippen LogP contribution in [0.5, 0.6) is 5.75 Å². The van der Waals surface area contributed by atoms with Crippen LogP contribution in [0.25, 0.3) is 5.65 Å². The third-order valence-corrected chi connectivity index (χ3v) is 5.80. The number of imidazole rings is 1. The molecule has 0 atom stereocenters. The summed E-state index contributed by atoms with van der Waals surface area (Å²) >= 11 is 6.13. The number of aromatic nitrogens is 2. The number of nitrogens with one attached hydrogen (secondary N) is 1. The van der Waals surface area contributed by atoms with E-state index in [2.05, 4.69) is 20.0 Å². The first-order valence-corrected chi connectivity index (χ1v) is 12.0. The molecule has 194 valence electrons. The van der Waals surface area contributed by atoms with Gasteiger partial charge in [0.15, 0.2) is 0 Å². The number of carbonyl (C=O) groups is 1. The number of pyridine rings is 1. The molecule has 0 bridgehead atoms. The lowest BCUT2D eigenvalue weighted by molar-refractivity contribution is -0.274. The van der Waals surface area contributed by atoms with Crippen molar-refractivity contribution in [1.82, 2.24) is 19.6 Å². The molecule has 37 heavy (non-hydrogen) atoms. The molecule has 1 N–H and O–H groups in total. The molecule has 1 aliphatic heterocycles. The SMILES string of the molecule is CCc1nc2ccc(Cl)cn2c1C(=O)NCC1=C/CN(Cc2ccc(OC(F)(F)F)cc2)/C=N\C/C=C\1. The predicted octanol–water partition coefficient (Wildman–Crippen LogP) is 5.21. The van der Waals surface area contributed by atoms with E-state index in [9.17, 15) is 18.0 Å². The van der Waals surface area contributed by atoms with Gasteiger partial charge in [-0.2, -0.15) is 0 Å². The van der Waals surface area contributed by atoms with Gasteiger partial charge < -0.3 is 15.0 Å². The van der Waals surface area contributed by atoms with Gasteiger partial charge in [0.25, 0.3) is 5.91 Å². The topological polar surface area (TPSA) is 71.2 Å². The fourth-order valence-corrected chi connectivity index (χ4v) is 4.03. The lowest BCUT2D eigenvalue weighted by Crippen LogP contribution is -2.28. The zero-order chi connectivity index (χ0) is 26.4. The average Bonchev–Trinajstić information content (AvgIpc) is 3.26. The highest BCUT2D eigenvalue weighted by Gasteiger charge is 2.31. The van der Waals surface area contributed by atoms with Crippen LogP contribution in [0.15, 0.2) is 71.4 Å².